The predicted molar refractivity (Wildman–Crippen MR) is 60.6 cm³/mol. The van der Waals surface area contributed by atoms with Gasteiger partial charge in [-0.05, 0) is 12.6 Å². The van der Waals surface area contributed by atoms with E-state index in [0.29, 0.717) is 12.1 Å². The first-order valence-corrected chi connectivity index (χ1v) is 5.44. The zero-order valence-corrected chi connectivity index (χ0v) is 9.45. The molecular formula is C12H18FNO2. The minimum Gasteiger partial charge on any atom is -0.389 e. The highest BCUT2D eigenvalue weighted by molar-refractivity contribution is 5.16. The highest BCUT2D eigenvalue weighted by Gasteiger charge is 2.05. The number of hydrogen-bond acceptors (Lipinski definition) is 3. The van der Waals surface area contributed by atoms with E-state index in [4.69, 9.17) is 4.74 Å². The van der Waals surface area contributed by atoms with E-state index >= 15 is 0 Å². The molecule has 0 aliphatic heterocycles. The maximum atomic E-state index is 13.2. The van der Waals surface area contributed by atoms with Crippen molar-refractivity contribution in [1.82, 2.24) is 5.32 Å². The minimum atomic E-state index is -0.549. The van der Waals surface area contributed by atoms with Crippen molar-refractivity contribution < 1.29 is 14.2 Å². The highest BCUT2D eigenvalue weighted by atomic mass is 19.1. The van der Waals surface area contributed by atoms with Crippen molar-refractivity contribution in [3.05, 3.63) is 35.6 Å². The summed E-state index contributed by atoms with van der Waals surface area (Å²) in [5.74, 6) is -0.274. The molecule has 0 radical (unpaired) electrons. The van der Waals surface area contributed by atoms with Gasteiger partial charge in [-0.25, -0.2) is 4.39 Å². The van der Waals surface area contributed by atoms with Crippen LogP contribution in [-0.4, -0.2) is 30.9 Å². The van der Waals surface area contributed by atoms with Crippen LogP contribution in [0.25, 0.3) is 0 Å². The van der Waals surface area contributed by atoms with Crippen LogP contribution in [0, 0.1) is 5.82 Å². The first-order chi connectivity index (χ1) is 7.74. The van der Waals surface area contributed by atoms with Crippen LogP contribution >= 0.6 is 0 Å². The van der Waals surface area contributed by atoms with E-state index in [-0.39, 0.29) is 19.0 Å². The van der Waals surface area contributed by atoms with E-state index in [0.717, 1.165) is 6.54 Å². The largest absolute Gasteiger partial charge is 0.389 e. The van der Waals surface area contributed by atoms with Gasteiger partial charge < -0.3 is 15.2 Å². The number of ether oxygens (including phenoxy) is 1. The number of halogens is 1. The van der Waals surface area contributed by atoms with Crippen molar-refractivity contribution in [2.24, 2.45) is 0 Å². The fraction of sp³-hybridized carbons (Fsp3) is 0.500. The first kappa shape index (κ1) is 13.1. The predicted octanol–water partition coefficient (Wildman–Crippen LogP) is 1.31. The molecule has 0 aromatic heterocycles. The molecule has 4 heteroatoms. The molecule has 2 N–H and O–H groups in total. The van der Waals surface area contributed by atoms with Gasteiger partial charge in [-0.15, -0.1) is 0 Å². The van der Waals surface area contributed by atoms with Crippen molar-refractivity contribution >= 4 is 0 Å². The van der Waals surface area contributed by atoms with Crippen molar-refractivity contribution in [2.45, 2.75) is 19.6 Å². The molecule has 0 aliphatic rings. The van der Waals surface area contributed by atoms with Crippen LogP contribution in [0.3, 0.4) is 0 Å². The number of nitrogens with one attached hydrogen (secondary N) is 1. The molecule has 1 unspecified atom stereocenters. The Labute approximate surface area is 95.2 Å². The molecule has 0 saturated carbocycles. The molecule has 1 aromatic rings. The molecule has 0 saturated heterocycles. The molecule has 0 amide bonds. The van der Waals surface area contributed by atoms with Crippen LogP contribution in [0.2, 0.25) is 0 Å². The van der Waals surface area contributed by atoms with E-state index in [1.807, 2.05) is 6.92 Å². The van der Waals surface area contributed by atoms with Gasteiger partial charge in [0.15, 0.2) is 0 Å². The molecule has 16 heavy (non-hydrogen) atoms. The minimum absolute atomic E-state index is 0.190. The lowest BCUT2D eigenvalue weighted by Crippen LogP contribution is -2.30. The molecular weight excluding hydrogens is 209 g/mol. The summed E-state index contributed by atoms with van der Waals surface area (Å²) >= 11 is 0. The lowest BCUT2D eigenvalue weighted by Gasteiger charge is -2.11. The van der Waals surface area contributed by atoms with Gasteiger partial charge >= 0.3 is 0 Å². The fourth-order valence-electron chi connectivity index (χ4n) is 1.29. The van der Waals surface area contributed by atoms with Crippen molar-refractivity contribution in [1.29, 1.82) is 0 Å². The van der Waals surface area contributed by atoms with E-state index in [1.165, 1.54) is 6.07 Å². The number of aliphatic hydroxyl groups excluding tert-OH is 1. The van der Waals surface area contributed by atoms with E-state index in [9.17, 15) is 9.50 Å². The van der Waals surface area contributed by atoms with Gasteiger partial charge in [0, 0.05) is 12.1 Å². The van der Waals surface area contributed by atoms with Crippen LogP contribution in [0.4, 0.5) is 4.39 Å². The fourth-order valence-corrected chi connectivity index (χ4v) is 1.29. The lowest BCUT2D eigenvalue weighted by atomic mass is 10.2. The van der Waals surface area contributed by atoms with E-state index < -0.39 is 6.10 Å². The van der Waals surface area contributed by atoms with Crippen LogP contribution in [0.15, 0.2) is 24.3 Å². The lowest BCUT2D eigenvalue weighted by molar-refractivity contribution is 0.0281. The van der Waals surface area contributed by atoms with Crippen molar-refractivity contribution in [3.63, 3.8) is 0 Å². The average molecular weight is 227 g/mol. The number of rotatable bonds is 7. The molecule has 1 atom stereocenters. The Bertz CT molecular complexity index is 307. The van der Waals surface area contributed by atoms with E-state index in [1.54, 1.807) is 18.2 Å². The summed E-state index contributed by atoms with van der Waals surface area (Å²) in [5, 5.41) is 12.5. The summed E-state index contributed by atoms with van der Waals surface area (Å²) in [4.78, 5) is 0. The summed E-state index contributed by atoms with van der Waals surface area (Å²) in [5.41, 5.74) is 0.512. The van der Waals surface area contributed by atoms with Crippen LogP contribution in [0.5, 0.6) is 0 Å². The van der Waals surface area contributed by atoms with E-state index in [2.05, 4.69) is 5.32 Å². The first-order valence-electron chi connectivity index (χ1n) is 5.44. The van der Waals surface area contributed by atoms with Gasteiger partial charge in [-0.2, -0.15) is 0 Å². The Balaban J connectivity index is 2.23. The number of aliphatic hydroxyl groups is 1. The maximum Gasteiger partial charge on any atom is 0.128 e. The topological polar surface area (TPSA) is 41.5 Å². The second-order valence-electron chi connectivity index (χ2n) is 3.57. The molecule has 0 bridgehead atoms. The third-order valence-corrected chi connectivity index (χ3v) is 2.16. The molecule has 0 aliphatic carbocycles. The van der Waals surface area contributed by atoms with Gasteiger partial charge in [-0.1, -0.05) is 25.1 Å². The summed E-state index contributed by atoms with van der Waals surface area (Å²) in [6.45, 7) is 3.67. The zero-order valence-electron chi connectivity index (χ0n) is 9.45. The van der Waals surface area contributed by atoms with Crippen LogP contribution in [0.1, 0.15) is 12.5 Å². The van der Waals surface area contributed by atoms with Gasteiger partial charge in [0.2, 0.25) is 0 Å². The van der Waals surface area contributed by atoms with Gasteiger partial charge in [0.1, 0.15) is 5.82 Å². The second-order valence-corrected chi connectivity index (χ2v) is 3.57. The number of benzene rings is 1. The monoisotopic (exact) mass is 227 g/mol. The normalized spacial score (nSPS) is 12.7. The molecule has 90 valence electrons. The Morgan fingerprint density at radius 2 is 2.19 bits per heavy atom. The number of likely N-dealkylation sites (N-methyl/N-ethyl adjacent to an activating group) is 1. The Hall–Kier alpha value is -0.970. The standard InChI is InChI=1S/C12H18FNO2/c1-2-14-7-11(15)9-16-8-10-5-3-4-6-12(10)13/h3-6,11,14-15H,2,7-9H2,1H3. The third kappa shape index (κ3) is 4.70. The molecule has 0 fully saturated rings. The van der Waals surface area contributed by atoms with Crippen LogP contribution in [-0.2, 0) is 11.3 Å². The third-order valence-electron chi connectivity index (χ3n) is 2.16. The summed E-state index contributed by atoms with van der Waals surface area (Å²) in [7, 11) is 0. The smallest absolute Gasteiger partial charge is 0.128 e. The van der Waals surface area contributed by atoms with Crippen molar-refractivity contribution in [3.8, 4) is 0 Å². The molecule has 1 aromatic carbocycles. The zero-order chi connectivity index (χ0) is 11.8. The van der Waals surface area contributed by atoms with Gasteiger partial charge in [0.05, 0.1) is 19.3 Å². The SMILES string of the molecule is CCNCC(O)COCc1ccccc1F. The van der Waals surface area contributed by atoms with Gasteiger partial charge in [0.25, 0.3) is 0 Å². The second kappa shape index (κ2) is 7.33. The summed E-state index contributed by atoms with van der Waals surface area (Å²) in [6.07, 6.45) is -0.549. The molecule has 1 rings (SSSR count). The summed E-state index contributed by atoms with van der Waals surface area (Å²) in [6, 6.07) is 6.47. The summed E-state index contributed by atoms with van der Waals surface area (Å²) < 4.78 is 18.4. The maximum absolute atomic E-state index is 13.2. The average Bonchev–Trinajstić information content (AvgIpc) is 2.29. The van der Waals surface area contributed by atoms with Crippen molar-refractivity contribution in [2.75, 3.05) is 19.7 Å². The Morgan fingerprint density at radius 1 is 1.44 bits per heavy atom. The van der Waals surface area contributed by atoms with Gasteiger partial charge in [-0.3, -0.25) is 0 Å². The highest BCUT2D eigenvalue weighted by Crippen LogP contribution is 2.07. The Morgan fingerprint density at radius 3 is 2.88 bits per heavy atom. The quantitative estimate of drug-likeness (QED) is 0.738. The number of hydrogen-bond donors (Lipinski definition) is 2. The Kier molecular flexibility index (Phi) is 6.00. The molecule has 3 nitrogen and oxygen atoms in total. The van der Waals surface area contributed by atoms with Crippen LogP contribution < -0.4 is 5.32 Å². The molecule has 0 heterocycles. The molecule has 0 spiro atoms.